The fraction of sp³-hybridized carbons (Fsp3) is 0.286. The number of hydrogen-bond donors (Lipinski definition) is 1. The molecule has 1 aliphatic rings. The lowest BCUT2D eigenvalue weighted by molar-refractivity contribution is 0.183. The van der Waals surface area contributed by atoms with Crippen molar-refractivity contribution in [1.29, 1.82) is 0 Å². The minimum atomic E-state index is -0.292. The van der Waals surface area contributed by atoms with Gasteiger partial charge in [-0.1, -0.05) is 12.1 Å². The number of hydrogen-bond acceptors (Lipinski definition) is 8. The fourth-order valence-corrected chi connectivity index (χ4v) is 3.76. The molecule has 3 aromatic heterocycles. The van der Waals surface area contributed by atoms with Gasteiger partial charge in [0, 0.05) is 24.9 Å². The maximum absolute atomic E-state index is 12.7. The Kier molecular flexibility index (Phi) is 4.83. The van der Waals surface area contributed by atoms with E-state index in [-0.39, 0.29) is 17.6 Å². The molecule has 10 heteroatoms. The summed E-state index contributed by atoms with van der Waals surface area (Å²) in [5, 5.41) is 13.2. The Morgan fingerprint density at radius 2 is 2.06 bits per heavy atom. The molecule has 4 heterocycles. The molecule has 1 saturated heterocycles. The number of methoxy groups -OCH3 is 1. The van der Waals surface area contributed by atoms with E-state index >= 15 is 0 Å². The van der Waals surface area contributed by atoms with Crippen LogP contribution in [0, 0.1) is 0 Å². The highest BCUT2D eigenvalue weighted by Gasteiger charge is 2.32. The maximum Gasteiger partial charge on any atom is 0.267 e. The zero-order valence-corrected chi connectivity index (χ0v) is 17.1. The van der Waals surface area contributed by atoms with Crippen LogP contribution < -0.4 is 15.6 Å². The average Bonchev–Trinajstić information content (AvgIpc) is 3.40. The number of anilines is 1. The quantitative estimate of drug-likeness (QED) is 0.520. The molecular weight excluding hydrogens is 398 g/mol. The van der Waals surface area contributed by atoms with Crippen molar-refractivity contribution in [1.82, 2.24) is 29.5 Å². The molecule has 2 atom stereocenters. The average molecular weight is 419 g/mol. The number of benzene rings is 1. The topological polar surface area (TPSA) is 109 Å². The fourth-order valence-electron chi connectivity index (χ4n) is 3.76. The Balaban J connectivity index is 1.48. The van der Waals surface area contributed by atoms with E-state index in [1.807, 2.05) is 37.5 Å². The van der Waals surface area contributed by atoms with Gasteiger partial charge in [-0.15, -0.1) is 0 Å². The summed E-state index contributed by atoms with van der Waals surface area (Å²) < 4.78 is 14.2. The number of aromatic nitrogens is 6. The molecule has 10 nitrogen and oxygen atoms in total. The molecule has 1 aliphatic heterocycles. The summed E-state index contributed by atoms with van der Waals surface area (Å²) in [5.74, 6) is 1.38. The minimum Gasteiger partial charge on any atom is -0.497 e. The van der Waals surface area contributed by atoms with Crippen molar-refractivity contribution in [3.63, 3.8) is 0 Å². The monoisotopic (exact) mass is 419 g/mol. The second kappa shape index (κ2) is 7.80. The minimum absolute atomic E-state index is 0.191. The standard InChI is InChI=1S/C21H21N7O3/c1-27-9-15-20(22-12-23-21(15)26-27)24-17-10-31-11-18(17)28-19(29)7-6-16(25-28)13-4-3-5-14(8-13)30-2/h3-9,12,17-18H,10-11H2,1-2H3,(H,22,23,24,26). The van der Waals surface area contributed by atoms with Crippen molar-refractivity contribution in [3.8, 4) is 17.0 Å². The summed E-state index contributed by atoms with van der Waals surface area (Å²) in [6.07, 6.45) is 3.33. The molecule has 31 heavy (non-hydrogen) atoms. The van der Waals surface area contributed by atoms with Crippen LogP contribution in [-0.4, -0.2) is 55.9 Å². The molecular formula is C21H21N7O3. The number of rotatable bonds is 5. The Morgan fingerprint density at radius 1 is 1.16 bits per heavy atom. The highest BCUT2D eigenvalue weighted by Crippen LogP contribution is 2.26. The van der Waals surface area contributed by atoms with Crippen LogP contribution >= 0.6 is 0 Å². The predicted molar refractivity (Wildman–Crippen MR) is 114 cm³/mol. The van der Waals surface area contributed by atoms with Crippen molar-refractivity contribution in [3.05, 3.63) is 59.3 Å². The summed E-state index contributed by atoms with van der Waals surface area (Å²) >= 11 is 0. The van der Waals surface area contributed by atoms with Gasteiger partial charge in [0.25, 0.3) is 5.56 Å². The molecule has 0 radical (unpaired) electrons. The van der Waals surface area contributed by atoms with Crippen LogP contribution in [0.1, 0.15) is 6.04 Å². The molecule has 5 rings (SSSR count). The van der Waals surface area contributed by atoms with Gasteiger partial charge in [0.2, 0.25) is 0 Å². The Morgan fingerprint density at radius 3 is 2.94 bits per heavy atom. The van der Waals surface area contributed by atoms with E-state index < -0.39 is 0 Å². The van der Waals surface area contributed by atoms with Crippen LogP contribution in [0.2, 0.25) is 0 Å². The van der Waals surface area contributed by atoms with E-state index in [1.54, 1.807) is 17.9 Å². The number of nitrogens with one attached hydrogen (secondary N) is 1. The molecule has 0 amide bonds. The third kappa shape index (κ3) is 3.61. The summed E-state index contributed by atoms with van der Waals surface area (Å²) in [5.41, 5.74) is 1.96. The van der Waals surface area contributed by atoms with Crippen LogP contribution in [0.15, 0.2) is 53.7 Å². The SMILES string of the molecule is COc1cccc(-c2ccc(=O)n(C3COCC3Nc3ncnc4nn(C)cc34)n2)c1. The van der Waals surface area contributed by atoms with Gasteiger partial charge in [0.15, 0.2) is 5.65 Å². The molecule has 0 saturated carbocycles. The van der Waals surface area contributed by atoms with Crippen LogP contribution in [0.5, 0.6) is 5.75 Å². The third-order valence-electron chi connectivity index (χ3n) is 5.31. The molecule has 4 aromatic rings. The van der Waals surface area contributed by atoms with E-state index in [0.717, 1.165) is 16.7 Å². The summed E-state index contributed by atoms with van der Waals surface area (Å²) in [4.78, 5) is 21.2. The lowest BCUT2D eigenvalue weighted by Gasteiger charge is -2.21. The van der Waals surface area contributed by atoms with Crippen LogP contribution in [0.25, 0.3) is 22.3 Å². The first-order valence-electron chi connectivity index (χ1n) is 9.85. The number of aryl methyl sites for hydroxylation is 1. The second-order valence-electron chi connectivity index (χ2n) is 7.35. The Hall–Kier alpha value is -3.79. The lowest BCUT2D eigenvalue weighted by Crippen LogP contribution is -2.37. The highest BCUT2D eigenvalue weighted by atomic mass is 16.5. The predicted octanol–water partition coefficient (Wildman–Crippen LogP) is 1.65. The van der Waals surface area contributed by atoms with Crippen molar-refractivity contribution in [2.24, 2.45) is 7.05 Å². The number of ether oxygens (including phenoxy) is 2. The van der Waals surface area contributed by atoms with E-state index in [2.05, 4.69) is 25.5 Å². The summed E-state index contributed by atoms with van der Waals surface area (Å²) in [6, 6.07) is 10.3. The van der Waals surface area contributed by atoms with Crippen molar-refractivity contribution in [2.45, 2.75) is 12.1 Å². The van der Waals surface area contributed by atoms with Crippen LogP contribution in [-0.2, 0) is 11.8 Å². The molecule has 1 fully saturated rings. The van der Waals surface area contributed by atoms with Crippen molar-refractivity contribution in [2.75, 3.05) is 25.6 Å². The van der Waals surface area contributed by atoms with Crippen LogP contribution in [0.4, 0.5) is 5.82 Å². The highest BCUT2D eigenvalue weighted by molar-refractivity contribution is 5.85. The molecule has 158 valence electrons. The van der Waals surface area contributed by atoms with Gasteiger partial charge < -0.3 is 14.8 Å². The number of nitrogens with zero attached hydrogens (tertiary/aromatic N) is 6. The molecule has 0 spiro atoms. The summed E-state index contributed by atoms with van der Waals surface area (Å²) in [7, 11) is 3.45. The zero-order valence-electron chi connectivity index (χ0n) is 17.1. The van der Waals surface area contributed by atoms with Gasteiger partial charge in [-0.25, -0.2) is 14.6 Å². The smallest absolute Gasteiger partial charge is 0.267 e. The maximum atomic E-state index is 12.7. The third-order valence-corrected chi connectivity index (χ3v) is 5.31. The largest absolute Gasteiger partial charge is 0.497 e. The normalized spacial score (nSPS) is 18.4. The molecule has 2 unspecified atom stereocenters. The second-order valence-corrected chi connectivity index (χ2v) is 7.35. The molecule has 1 N–H and O–H groups in total. The van der Waals surface area contributed by atoms with Gasteiger partial charge in [0.1, 0.15) is 23.9 Å². The van der Waals surface area contributed by atoms with Gasteiger partial charge in [-0.3, -0.25) is 9.48 Å². The first kappa shape index (κ1) is 19.2. The van der Waals surface area contributed by atoms with Crippen LogP contribution in [0.3, 0.4) is 0 Å². The van der Waals surface area contributed by atoms with Gasteiger partial charge in [-0.05, 0) is 18.2 Å². The first-order valence-corrected chi connectivity index (χ1v) is 9.85. The summed E-state index contributed by atoms with van der Waals surface area (Å²) in [6.45, 7) is 0.793. The van der Waals surface area contributed by atoms with Crippen molar-refractivity contribution >= 4 is 16.9 Å². The lowest BCUT2D eigenvalue weighted by atomic mass is 10.1. The van der Waals surface area contributed by atoms with Gasteiger partial charge >= 0.3 is 0 Å². The number of fused-ring (bicyclic) bond motifs is 1. The van der Waals surface area contributed by atoms with E-state index in [4.69, 9.17) is 9.47 Å². The molecule has 0 aliphatic carbocycles. The van der Waals surface area contributed by atoms with E-state index in [9.17, 15) is 4.79 Å². The Bertz CT molecular complexity index is 1300. The molecule has 0 bridgehead atoms. The first-order chi connectivity index (χ1) is 15.1. The molecule has 1 aromatic carbocycles. The van der Waals surface area contributed by atoms with Crippen molar-refractivity contribution < 1.29 is 9.47 Å². The van der Waals surface area contributed by atoms with E-state index in [0.29, 0.717) is 30.4 Å². The Labute approximate surface area is 177 Å². The zero-order chi connectivity index (χ0) is 21.4. The van der Waals surface area contributed by atoms with E-state index in [1.165, 1.54) is 17.1 Å². The van der Waals surface area contributed by atoms with Gasteiger partial charge in [-0.2, -0.15) is 10.2 Å². The van der Waals surface area contributed by atoms with Gasteiger partial charge in [0.05, 0.1) is 37.4 Å².